The Kier molecular flexibility index (Phi) is 26.3. The molecule has 0 aromatic carbocycles. The van der Waals surface area contributed by atoms with E-state index in [9.17, 15) is 5.11 Å². The Hall–Kier alpha value is -0.420. The first-order valence-corrected chi connectivity index (χ1v) is 15.3. The summed E-state index contributed by atoms with van der Waals surface area (Å²) < 4.78 is 0. The Balaban J connectivity index is 3.84. The van der Waals surface area contributed by atoms with Crippen LogP contribution in [0.15, 0.2) is 12.2 Å². The summed E-state index contributed by atoms with van der Waals surface area (Å²) in [5.41, 5.74) is -0.627. The molecule has 0 aromatic heterocycles. The van der Waals surface area contributed by atoms with E-state index in [2.05, 4.69) is 12.2 Å². The minimum absolute atomic E-state index is 0.213. The van der Waals surface area contributed by atoms with E-state index in [1.54, 1.807) is 0 Å². The van der Waals surface area contributed by atoms with Crippen LogP contribution in [0.3, 0.4) is 0 Å². The topological polar surface area (TPSA) is 80.9 Å². The lowest BCUT2D eigenvalue weighted by atomic mass is 9.78. The van der Waals surface area contributed by atoms with Crippen molar-refractivity contribution in [3.05, 3.63) is 12.2 Å². The minimum Gasteiger partial charge on any atom is -0.396 e. The van der Waals surface area contributed by atoms with Crippen LogP contribution in [0.4, 0.5) is 0 Å². The van der Waals surface area contributed by atoms with Crippen molar-refractivity contribution in [3.63, 3.8) is 0 Å². The van der Waals surface area contributed by atoms with Gasteiger partial charge in [0.1, 0.15) is 0 Å². The van der Waals surface area contributed by atoms with Crippen LogP contribution in [-0.2, 0) is 0 Å². The number of hydrogen-bond acceptors (Lipinski definition) is 4. The largest absolute Gasteiger partial charge is 0.396 e. The second-order valence-corrected chi connectivity index (χ2v) is 11.0. The summed E-state index contributed by atoms with van der Waals surface area (Å²) in [5.74, 6) is 0.348. The number of rotatable bonds is 28. The van der Waals surface area contributed by atoms with Gasteiger partial charge in [0.15, 0.2) is 0 Å². The van der Waals surface area contributed by atoms with Crippen LogP contribution in [0.5, 0.6) is 0 Å². The molecule has 0 aliphatic rings. The molecule has 35 heavy (non-hydrogen) atoms. The SMILES string of the molecule is CC(O)(CCCCO)C(CCCCCCO)CCCCCCCCC=CCCCCCCCCO. The van der Waals surface area contributed by atoms with Crippen LogP contribution in [0.25, 0.3) is 0 Å². The molecule has 0 heterocycles. The molecule has 0 aliphatic heterocycles. The summed E-state index contributed by atoms with van der Waals surface area (Å²) in [5, 5.41) is 37.9. The molecule has 0 fully saturated rings. The monoisotopic (exact) mass is 498 g/mol. The van der Waals surface area contributed by atoms with Gasteiger partial charge in [-0.05, 0) is 83.5 Å². The van der Waals surface area contributed by atoms with Gasteiger partial charge in [-0.25, -0.2) is 0 Å². The number of allylic oxidation sites excluding steroid dienone is 2. The number of aliphatic hydroxyl groups excluding tert-OH is 3. The molecule has 0 aromatic rings. The molecular formula is C31H62O4. The Bertz CT molecular complexity index is 436. The fraction of sp³-hybridized carbons (Fsp3) is 0.935. The van der Waals surface area contributed by atoms with E-state index in [0.717, 1.165) is 64.2 Å². The van der Waals surface area contributed by atoms with Gasteiger partial charge in [-0.3, -0.25) is 0 Å². The van der Waals surface area contributed by atoms with E-state index < -0.39 is 5.60 Å². The fourth-order valence-electron chi connectivity index (χ4n) is 5.10. The Labute approximate surface area is 218 Å². The molecule has 2 unspecified atom stereocenters. The summed E-state index contributed by atoms with van der Waals surface area (Å²) in [6.07, 6.45) is 31.1. The zero-order valence-corrected chi connectivity index (χ0v) is 23.4. The van der Waals surface area contributed by atoms with Crippen molar-refractivity contribution in [2.24, 2.45) is 5.92 Å². The van der Waals surface area contributed by atoms with E-state index in [4.69, 9.17) is 15.3 Å². The van der Waals surface area contributed by atoms with Gasteiger partial charge in [0, 0.05) is 19.8 Å². The molecular weight excluding hydrogens is 436 g/mol. The van der Waals surface area contributed by atoms with Crippen molar-refractivity contribution in [1.29, 1.82) is 0 Å². The van der Waals surface area contributed by atoms with Crippen molar-refractivity contribution in [1.82, 2.24) is 0 Å². The Morgan fingerprint density at radius 1 is 0.486 bits per heavy atom. The number of aliphatic hydroxyl groups is 4. The van der Waals surface area contributed by atoms with Crippen molar-refractivity contribution < 1.29 is 20.4 Å². The molecule has 0 radical (unpaired) electrons. The third kappa shape index (κ3) is 23.7. The molecule has 4 N–H and O–H groups in total. The van der Waals surface area contributed by atoms with E-state index >= 15 is 0 Å². The molecule has 210 valence electrons. The Morgan fingerprint density at radius 2 is 0.829 bits per heavy atom. The van der Waals surface area contributed by atoms with Crippen LogP contribution in [0.1, 0.15) is 155 Å². The van der Waals surface area contributed by atoms with Crippen molar-refractivity contribution in [3.8, 4) is 0 Å². The average Bonchev–Trinajstić information content (AvgIpc) is 2.84. The normalized spacial score (nSPS) is 14.5. The second kappa shape index (κ2) is 26.6. The quantitative estimate of drug-likeness (QED) is 0.0653. The maximum atomic E-state index is 11.1. The van der Waals surface area contributed by atoms with Gasteiger partial charge in [-0.1, -0.05) is 89.2 Å². The highest BCUT2D eigenvalue weighted by Crippen LogP contribution is 2.32. The first kappa shape index (κ1) is 34.6. The number of hydrogen-bond donors (Lipinski definition) is 4. The van der Waals surface area contributed by atoms with Crippen LogP contribution >= 0.6 is 0 Å². The first-order chi connectivity index (χ1) is 17.1. The third-order valence-electron chi connectivity index (χ3n) is 7.55. The lowest BCUT2D eigenvalue weighted by molar-refractivity contribution is -0.0204. The zero-order valence-electron chi connectivity index (χ0n) is 23.4. The van der Waals surface area contributed by atoms with E-state index in [0.29, 0.717) is 12.5 Å². The van der Waals surface area contributed by atoms with E-state index in [-0.39, 0.29) is 13.2 Å². The van der Waals surface area contributed by atoms with E-state index in [1.807, 2.05) is 6.92 Å². The highest BCUT2D eigenvalue weighted by atomic mass is 16.3. The molecule has 0 rings (SSSR count). The van der Waals surface area contributed by atoms with Gasteiger partial charge >= 0.3 is 0 Å². The van der Waals surface area contributed by atoms with Crippen molar-refractivity contribution in [2.75, 3.05) is 19.8 Å². The summed E-state index contributed by atoms with van der Waals surface area (Å²) in [4.78, 5) is 0. The van der Waals surface area contributed by atoms with Gasteiger partial charge in [0.2, 0.25) is 0 Å². The molecule has 0 spiro atoms. The summed E-state index contributed by atoms with van der Waals surface area (Å²) >= 11 is 0. The van der Waals surface area contributed by atoms with Gasteiger partial charge in [0.25, 0.3) is 0 Å². The zero-order chi connectivity index (χ0) is 25.9. The maximum absolute atomic E-state index is 11.1. The first-order valence-electron chi connectivity index (χ1n) is 15.3. The summed E-state index contributed by atoms with van der Waals surface area (Å²) in [6, 6.07) is 0. The smallest absolute Gasteiger partial charge is 0.0647 e. The molecule has 0 saturated carbocycles. The van der Waals surface area contributed by atoms with Crippen LogP contribution in [0, 0.1) is 5.92 Å². The minimum atomic E-state index is -0.627. The van der Waals surface area contributed by atoms with Crippen LogP contribution in [0.2, 0.25) is 0 Å². The predicted octanol–water partition coefficient (Wildman–Crippen LogP) is 7.86. The van der Waals surface area contributed by atoms with Crippen LogP contribution < -0.4 is 0 Å². The molecule has 4 heteroatoms. The van der Waals surface area contributed by atoms with Crippen molar-refractivity contribution >= 4 is 0 Å². The number of unbranched alkanes of at least 4 members (excludes halogenated alkanes) is 16. The van der Waals surface area contributed by atoms with Gasteiger partial charge in [-0.15, -0.1) is 0 Å². The lowest BCUT2D eigenvalue weighted by Crippen LogP contribution is -2.34. The molecule has 0 bridgehead atoms. The standard InChI is InChI=1S/C31H62O4/c1-31(35,26-20-23-29-34)30(25-19-15-17-22-28-33)24-18-14-12-10-8-6-4-2-3-5-7-9-11-13-16-21-27-32/h2-3,30,32-35H,4-29H2,1H3. The lowest BCUT2D eigenvalue weighted by Gasteiger charge is -2.33. The van der Waals surface area contributed by atoms with Gasteiger partial charge < -0.3 is 20.4 Å². The van der Waals surface area contributed by atoms with Crippen molar-refractivity contribution in [2.45, 2.75) is 160 Å². The average molecular weight is 499 g/mol. The molecule has 4 nitrogen and oxygen atoms in total. The fourth-order valence-corrected chi connectivity index (χ4v) is 5.10. The molecule has 0 aliphatic carbocycles. The summed E-state index contributed by atoms with van der Waals surface area (Å²) in [6.45, 7) is 2.85. The molecule has 2 atom stereocenters. The Morgan fingerprint density at radius 3 is 1.26 bits per heavy atom. The van der Waals surface area contributed by atoms with Gasteiger partial charge in [0.05, 0.1) is 5.60 Å². The molecule has 0 amide bonds. The van der Waals surface area contributed by atoms with E-state index in [1.165, 1.54) is 83.5 Å². The predicted molar refractivity (Wildman–Crippen MR) is 151 cm³/mol. The highest BCUT2D eigenvalue weighted by Gasteiger charge is 2.30. The van der Waals surface area contributed by atoms with Gasteiger partial charge in [-0.2, -0.15) is 0 Å². The highest BCUT2D eigenvalue weighted by molar-refractivity contribution is 4.83. The summed E-state index contributed by atoms with van der Waals surface area (Å²) in [7, 11) is 0. The molecule has 0 saturated heterocycles. The second-order valence-electron chi connectivity index (χ2n) is 11.0. The van der Waals surface area contributed by atoms with Crippen LogP contribution in [-0.4, -0.2) is 45.8 Å². The third-order valence-corrected chi connectivity index (χ3v) is 7.55. The maximum Gasteiger partial charge on any atom is 0.0647 e.